The van der Waals surface area contributed by atoms with E-state index in [0.717, 1.165) is 41.6 Å². The van der Waals surface area contributed by atoms with Gasteiger partial charge in [-0.3, -0.25) is 9.79 Å². The molecule has 0 bridgehead atoms. The van der Waals surface area contributed by atoms with Crippen LogP contribution in [-0.4, -0.2) is 23.7 Å². The molecule has 0 radical (unpaired) electrons. The van der Waals surface area contributed by atoms with E-state index in [9.17, 15) is 4.79 Å². The number of aliphatic imine (C=N–C) groups is 1. The van der Waals surface area contributed by atoms with E-state index in [0.29, 0.717) is 0 Å². The van der Waals surface area contributed by atoms with Gasteiger partial charge in [0.25, 0.3) is 0 Å². The first kappa shape index (κ1) is 11.0. The Labute approximate surface area is 108 Å². The van der Waals surface area contributed by atoms with Crippen molar-refractivity contribution in [2.24, 2.45) is 4.99 Å². The highest BCUT2D eigenvalue weighted by Crippen LogP contribution is 2.34. The summed E-state index contributed by atoms with van der Waals surface area (Å²) in [5, 5.41) is 2.88. The van der Waals surface area contributed by atoms with E-state index in [1.54, 1.807) is 0 Å². The summed E-state index contributed by atoms with van der Waals surface area (Å²) in [6.45, 7) is 0.758. The maximum absolute atomic E-state index is 11.8. The third-order valence-corrected chi connectivity index (χ3v) is 4.02. The van der Waals surface area contributed by atoms with Crippen molar-refractivity contribution >= 4 is 27.5 Å². The minimum Gasteiger partial charge on any atom is -0.354 e. The maximum atomic E-state index is 11.8. The molecular formula is C13H13BrN2O. The van der Waals surface area contributed by atoms with Crippen LogP contribution in [0.4, 0.5) is 0 Å². The van der Waals surface area contributed by atoms with Crippen molar-refractivity contribution < 1.29 is 4.79 Å². The Hall–Kier alpha value is -1.16. The second-order valence-electron chi connectivity index (χ2n) is 4.61. The zero-order chi connectivity index (χ0) is 11.9. The van der Waals surface area contributed by atoms with E-state index >= 15 is 0 Å². The van der Waals surface area contributed by atoms with Gasteiger partial charge in [-0.1, -0.05) is 28.1 Å². The van der Waals surface area contributed by atoms with Crippen molar-refractivity contribution in [3.8, 4) is 0 Å². The molecule has 0 aromatic heterocycles. The Morgan fingerprint density at radius 2 is 2.24 bits per heavy atom. The van der Waals surface area contributed by atoms with Gasteiger partial charge in [0.1, 0.15) is 5.54 Å². The maximum Gasteiger partial charge on any atom is 0.248 e. The first-order chi connectivity index (χ1) is 8.20. The van der Waals surface area contributed by atoms with Crippen LogP contribution in [0.1, 0.15) is 24.8 Å². The van der Waals surface area contributed by atoms with Gasteiger partial charge in [0.2, 0.25) is 5.91 Å². The minimum absolute atomic E-state index is 0.0995. The molecule has 1 aromatic carbocycles. The smallest absolute Gasteiger partial charge is 0.248 e. The molecule has 1 saturated heterocycles. The molecule has 1 atom stereocenters. The van der Waals surface area contributed by atoms with Crippen LogP contribution in [0, 0.1) is 0 Å². The lowest BCUT2D eigenvalue weighted by Gasteiger charge is -2.14. The molecule has 3 nitrogen and oxygen atoms in total. The number of nitrogens with zero attached hydrogens (tertiary/aromatic N) is 1. The van der Waals surface area contributed by atoms with Crippen LogP contribution in [0.3, 0.4) is 0 Å². The Morgan fingerprint density at radius 1 is 1.35 bits per heavy atom. The van der Waals surface area contributed by atoms with Crippen molar-refractivity contribution in [2.45, 2.75) is 24.8 Å². The summed E-state index contributed by atoms with van der Waals surface area (Å²) in [5.74, 6) is 0.0995. The molecule has 1 amide bonds. The van der Waals surface area contributed by atoms with Gasteiger partial charge in [-0.15, -0.1) is 0 Å². The Morgan fingerprint density at radius 3 is 2.94 bits per heavy atom. The van der Waals surface area contributed by atoms with Crippen molar-refractivity contribution in [1.29, 1.82) is 0 Å². The van der Waals surface area contributed by atoms with Crippen molar-refractivity contribution in [2.75, 3.05) is 6.54 Å². The van der Waals surface area contributed by atoms with Gasteiger partial charge in [0.05, 0.1) is 0 Å². The third kappa shape index (κ3) is 1.80. The normalized spacial score (nSPS) is 27.4. The first-order valence-corrected chi connectivity index (χ1v) is 6.62. The number of halogens is 1. The van der Waals surface area contributed by atoms with Crippen molar-refractivity contribution in [3.63, 3.8) is 0 Å². The zero-order valence-corrected chi connectivity index (χ0v) is 11.0. The molecule has 1 aromatic rings. The number of nitrogens with one attached hydrogen (secondary N) is 1. The molecular weight excluding hydrogens is 280 g/mol. The molecule has 1 unspecified atom stereocenters. The number of hydrogen-bond donors (Lipinski definition) is 1. The number of rotatable bonds is 1. The average molecular weight is 293 g/mol. The molecule has 1 spiro atoms. The molecule has 1 fully saturated rings. The van der Waals surface area contributed by atoms with Crippen molar-refractivity contribution in [3.05, 3.63) is 34.3 Å². The standard InChI is InChI=1S/C13H13BrN2O/c14-10-3-1-2-9(8-10)11-4-5-13(16-11)6-7-15-12(13)17/h1-3,8H,4-7H2,(H,15,17). The van der Waals surface area contributed by atoms with Gasteiger partial charge in [0.15, 0.2) is 0 Å². The monoisotopic (exact) mass is 292 g/mol. The Kier molecular flexibility index (Phi) is 2.54. The van der Waals surface area contributed by atoms with E-state index in [1.165, 1.54) is 0 Å². The Bertz CT molecular complexity index is 512. The molecule has 88 valence electrons. The van der Waals surface area contributed by atoms with Crippen molar-refractivity contribution in [1.82, 2.24) is 5.32 Å². The fourth-order valence-electron chi connectivity index (χ4n) is 2.58. The molecule has 3 rings (SSSR count). The summed E-state index contributed by atoms with van der Waals surface area (Å²) in [6, 6.07) is 8.11. The molecule has 1 N–H and O–H groups in total. The van der Waals surface area contributed by atoms with Gasteiger partial charge in [0, 0.05) is 16.7 Å². The highest BCUT2D eigenvalue weighted by atomic mass is 79.9. The second-order valence-corrected chi connectivity index (χ2v) is 5.52. The van der Waals surface area contributed by atoms with E-state index in [1.807, 2.05) is 12.1 Å². The lowest BCUT2D eigenvalue weighted by Crippen LogP contribution is -2.33. The third-order valence-electron chi connectivity index (χ3n) is 3.53. The van der Waals surface area contributed by atoms with E-state index in [2.05, 4.69) is 33.4 Å². The lowest BCUT2D eigenvalue weighted by atomic mass is 9.95. The van der Waals surface area contributed by atoms with Gasteiger partial charge < -0.3 is 5.32 Å². The lowest BCUT2D eigenvalue weighted by molar-refractivity contribution is -0.123. The van der Waals surface area contributed by atoms with Crippen LogP contribution >= 0.6 is 15.9 Å². The number of carbonyl (C=O) groups is 1. The molecule has 2 aliphatic rings. The van der Waals surface area contributed by atoms with E-state index in [4.69, 9.17) is 4.99 Å². The predicted molar refractivity (Wildman–Crippen MR) is 70.3 cm³/mol. The molecule has 17 heavy (non-hydrogen) atoms. The molecule has 4 heteroatoms. The fraction of sp³-hybridized carbons (Fsp3) is 0.385. The molecule has 0 aliphatic carbocycles. The molecule has 0 saturated carbocycles. The number of hydrogen-bond acceptors (Lipinski definition) is 2. The number of benzene rings is 1. The van der Waals surface area contributed by atoms with Gasteiger partial charge in [-0.05, 0) is 37.0 Å². The zero-order valence-electron chi connectivity index (χ0n) is 9.37. The summed E-state index contributed by atoms with van der Waals surface area (Å²) in [4.78, 5) is 16.5. The van der Waals surface area contributed by atoms with E-state index < -0.39 is 5.54 Å². The quantitative estimate of drug-likeness (QED) is 0.848. The largest absolute Gasteiger partial charge is 0.354 e. The van der Waals surface area contributed by atoms with Gasteiger partial charge in [-0.25, -0.2) is 0 Å². The number of carbonyl (C=O) groups excluding carboxylic acids is 1. The predicted octanol–water partition coefficient (Wildman–Crippen LogP) is 2.29. The van der Waals surface area contributed by atoms with Crippen LogP contribution in [0.5, 0.6) is 0 Å². The summed E-state index contributed by atoms with van der Waals surface area (Å²) >= 11 is 3.46. The average Bonchev–Trinajstić information content (AvgIpc) is 2.89. The topological polar surface area (TPSA) is 41.5 Å². The summed E-state index contributed by atoms with van der Waals surface area (Å²) < 4.78 is 1.05. The summed E-state index contributed by atoms with van der Waals surface area (Å²) in [6.07, 6.45) is 2.58. The fourth-order valence-corrected chi connectivity index (χ4v) is 2.98. The number of amides is 1. The van der Waals surface area contributed by atoms with E-state index in [-0.39, 0.29) is 5.91 Å². The van der Waals surface area contributed by atoms with Crippen LogP contribution in [0.25, 0.3) is 0 Å². The Balaban J connectivity index is 1.96. The SMILES string of the molecule is O=C1NCCC12CCC(c1cccc(Br)c1)=N2. The molecule has 2 aliphatic heterocycles. The molecule has 2 heterocycles. The van der Waals surface area contributed by atoms with Crippen LogP contribution in [0.15, 0.2) is 33.7 Å². The first-order valence-electron chi connectivity index (χ1n) is 5.83. The summed E-state index contributed by atoms with van der Waals surface area (Å²) in [7, 11) is 0. The second kappa shape index (κ2) is 3.95. The van der Waals surface area contributed by atoms with Crippen LogP contribution in [-0.2, 0) is 4.79 Å². The van der Waals surface area contributed by atoms with Crippen LogP contribution in [0.2, 0.25) is 0 Å². The van der Waals surface area contributed by atoms with Crippen LogP contribution < -0.4 is 5.32 Å². The highest BCUT2D eigenvalue weighted by Gasteiger charge is 2.45. The van der Waals surface area contributed by atoms with Gasteiger partial charge >= 0.3 is 0 Å². The minimum atomic E-state index is -0.461. The summed E-state index contributed by atoms with van der Waals surface area (Å²) in [5.41, 5.74) is 1.72. The highest BCUT2D eigenvalue weighted by molar-refractivity contribution is 9.10. The van der Waals surface area contributed by atoms with Gasteiger partial charge in [-0.2, -0.15) is 0 Å².